The molecule has 2 amide bonds. The summed E-state index contributed by atoms with van der Waals surface area (Å²) in [5.74, 6) is -1.19. The Bertz CT molecular complexity index is 956. The highest BCUT2D eigenvalue weighted by Crippen LogP contribution is 2.15. The highest BCUT2D eigenvalue weighted by Gasteiger charge is 2.11. The number of benzene rings is 2. The normalized spacial score (nSPS) is 10.1. The van der Waals surface area contributed by atoms with E-state index in [-0.39, 0.29) is 19.1 Å². The molecule has 0 aliphatic rings. The Kier molecular flexibility index (Phi) is 6.54. The maximum Gasteiger partial charge on any atom is 0.325 e. The minimum absolute atomic E-state index is 0.153. The Hall–Kier alpha value is -3.45. The molecule has 6 nitrogen and oxygen atoms in total. The summed E-state index contributed by atoms with van der Waals surface area (Å²) in [5.41, 5.74) is 1.70. The molecular formula is C21H18N2O4S. The molecule has 2 aromatic carbocycles. The number of rotatable bonds is 7. The van der Waals surface area contributed by atoms with Gasteiger partial charge in [-0.05, 0) is 35.2 Å². The molecule has 3 rings (SSSR count). The first-order chi connectivity index (χ1) is 13.6. The lowest BCUT2D eigenvalue weighted by atomic mass is 10.2. The smallest absolute Gasteiger partial charge is 0.325 e. The number of esters is 1. The molecule has 7 heteroatoms. The molecule has 142 valence electrons. The number of anilines is 1. The summed E-state index contributed by atoms with van der Waals surface area (Å²) in [6, 6.07) is 19.3. The fraction of sp³-hybridized carbons (Fsp3) is 0.0952. The summed E-state index contributed by atoms with van der Waals surface area (Å²) in [6.07, 6.45) is 0. The molecule has 1 heterocycles. The Labute approximate surface area is 166 Å². The van der Waals surface area contributed by atoms with Crippen LogP contribution in [0.25, 0.3) is 0 Å². The molecule has 0 unspecified atom stereocenters. The Morgan fingerprint density at radius 1 is 0.893 bits per heavy atom. The molecule has 0 atom stereocenters. The van der Waals surface area contributed by atoms with Crippen LogP contribution in [0, 0.1) is 0 Å². The number of amides is 2. The molecule has 0 aliphatic carbocycles. The van der Waals surface area contributed by atoms with Crippen LogP contribution in [0.5, 0.6) is 0 Å². The zero-order chi connectivity index (χ0) is 19.8. The second-order valence-electron chi connectivity index (χ2n) is 5.84. The van der Waals surface area contributed by atoms with Crippen LogP contribution in [-0.4, -0.2) is 24.3 Å². The van der Waals surface area contributed by atoms with Crippen molar-refractivity contribution in [2.24, 2.45) is 0 Å². The fourth-order valence-corrected chi connectivity index (χ4v) is 3.00. The van der Waals surface area contributed by atoms with Gasteiger partial charge in [0.15, 0.2) is 0 Å². The fourth-order valence-electron chi connectivity index (χ4n) is 2.38. The van der Waals surface area contributed by atoms with E-state index in [1.807, 2.05) is 35.7 Å². The van der Waals surface area contributed by atoms with Crippen LogP contribution >= 0.6 is 11.3 Å². The van der Waals surface area contributed by atoms with Gasteiger partial charge in [0.2, 0.25) is 0 Å². The summed E-state index contributed by atoms with van der Waals surface area (Å²) in [7, 11) is 0. The third-order valence-corrected chi connectivity index (χ3v) is 4.63. The molecule has 1 aromatic heterocycles. The number of carbonyl (C=O) groups is 3. The first-order valence-electron chi connectivity index (χ1n) is 8.54. The van der Waals surface area contributed by atoms with Crippen molar-refractivity contribution in [3.8, 4) is 0 Å². The lowest BCUT2D eigenvalue weighted by molar-refractivity contribution is -0.143. The van der Waals surface area contributed by atoms with Gasteiger partial charge < -0.3 is 15.4 Å². The highest BCUT2D eigenvalue weighted by atomic mass is 32.1. The van der Waals surface area contributed by atoms with Crippen LogP contribution in [0.15, 0.2) is 72.1 Å². The van der Waals surface area contributed by atoms with Gasteiger partial charge in [0.05, 0.1) is 4.88 Å². The topological polar surface area (TPSA) is 84.5 Å². The van der Waals surface area contributed by atoms with E-state index >= 15 is 0 Å². The second-order valence-corrected chi connectivity index (χ2v) is 6.79. The minimum atomic E-state index is -0.528. The zero-order valence-electron chi connectivity index (χ0n) is 14.9. The van der Waals surface area contributed by atoms with Gasteiger partial charge in [-0.25, -0.2) is 0 Å². The number of hydrogen-bond acceptors (Lipinski definition) is 5. The molecule has 0 spiro atoms. The molecule has 3 aromatic rings. The SMILES string of the molecule is O=C(CNC(=O)c1cccc(NC(=O)c2cccs2)c1)OCc1ccccc1. The van der Waals surface area contributed by atoms with E-state index in [2.05, 4.69) is 10.6 Å². The molecule has 0 bridgehead atoms. The zero-order valence-corrected chi connectivity index (χ0v) is 15.7. The molecule has 0 aliphatic heterocycles. The second kappa shape index (κ2) is 9.48. The van der Waals surface area contributed by atoms with E-state index in [0.717, 1.165) is 5.56 Å². The van der Waals surface area contributed by atoms with Crippen molar-refractivity contribution in [1.29, 1.82) is 0 Å². The number of thiophene rings is 1. The van der Waals surface area contributed by atoms with E-state index in [9.17, 15) is 14.4 Å². The van der Waals surface area contributed by atoms with Crippen LogP contribution in [0.1, 0.15) is 25.6 Å². The first kappa shape index (κ1) is 19.3. The molecule has 0 radical (unpaired) electrons. The maximum absolute atomic E-state index is 12.3. The van der Waals surface area contributed by atoms with Gasteiger partial charge in [-0.2, -0.15) is 0 Å². The lowest BCUT2D eigenvalue weighted by Crippen LogP contribution is -2.30. The van der Waals surface area contributed by atoms with Crippen molar-refractivity contribution >= 4 is 34.8 Å². The molecule has 0 saturated heterocycles. The van der Waals surface area contributed by atoms with Gasteiger partial charge in [0.1, 0.15) is 13.2 Å². The number of hydrogen-bond donors (Lipinski definition) is 2. The van der Waals surface area contributed by atoms with Gasteiger partial charge in [-0.15, -0.1) is 11.3 Å². The summed E-state index contributed by atoms with van der Waals surface area (Å²) in [4.78, 5) is 36.7. The Morgan fingerprint density at radius 2 is 1.71 bits per heavy atom. The summed E-state index contributed by atoms with van der Waals surface area (Å²) < 4.78 is 5.12. The van der Waals surface area contributed by atoms with Gasteiger partial charge in [-0.1, -0.05) is 42.5 Å². The van der Waals surface area contributed by atoms with Crippen molar-refractivity contribution in [3.05, 3.63) is 88.1 Å². The Morgan fingerprint density at radius 3 is 2.46 bits per heavy atom. The molecule has 0 saturated carbocycles. The summed E-state index contributed by atoms with van der Waals surface area (Å²) >= 11 is 1.33. The van der Waals surface area contributed by atoms with Crippen molar-refractivity contribution < 1.29 is 19.1 Å². The quantitative estimate of drug-likeness (QED) is 0.601. The standard InChI is InChI=1S/C21H18N2O4S/c24-19(27-14-15-6-2-1-3-7-15)13-22-20(25)16-8-4-9-17(12-16)23-21(26)18-10-5-11-28-18/h1-12H,13-14H2,(H,22,25)(H,23,26). The van der Waals surface area contributed by atoms with Gasteiger partial charge in [0.25, 0.3) is 11.8 Å². The van der Waals surface area contributed by atoms with E-state index in [4.69, 9.17) is 4.74 Å². The van der Waals surface area contributed by atoms with E-state index in [1.54, 1.807) is 36.4 Å². The van der Waals surface area contributed by atoms with Crippen molar-refractivity contribution in [2.75, 3.05) is 11.9 Å². The lowest BCUT2D eigenvalue weighted by Gasteiger charge is -2.08. The monoisotopic (exact) mass is 394 g/mol. The van der Waals surface area contributed by atoms with Crippen LogP contribution in [0.2, 0.25) is 0 Å². The number of ether oxygens (including phenoxy) is 1. The average Bonchev–Trinajstić information content (AvgIpc) is 3.26. The van der Waals surface area contributed by atoms with Crippen LogP contribution in [0.4, 0.5) is 5.69 Å². The van der Waals surface area contributed by atoms with E-state index < -0.39 is 11.9 Å². The number of carbonyl (C=O) groups excluding carboxylic acids is 3. The van der Waals surface area contributed by atoms with Crippen LogP contribution < -0.4 is 10.6 Å². The number of nitrogens with one attached hydrogen (secondary N) is 2. The molecule has 0 fully saturated rings. The van der Waals surface area contributed by atoms with Crippen molar-refractivity contribution in [2.45, 2.75) is 6.61 Å². The third-order valence-electron chi connectivity index (χ3n) is 3.76. The molecule has 28 heavy (non-hydrogen) atoms. The van der Waals surface area contributed by atoms with Crippen LogP contribution in [0.3, 0.4) is 0 Å². The van der Waals surface area contributed by atoms with Crippen LogP contribution in [-0.2, 0) is 16.1 Å². The van der Waals surface area contributed by atoms with Crippen molar-refractivity contribution in [3.63, 3.8) is 0 Å². The minimum Gasteiger partial charge on any atom is -0.460 e. The molecule has 2 N–H and O–H groups in total. The summed E-state index contributed by atoms with van der Waals surface area (Å²) in [6.45, 7) is -0.0861. The molecular weight excluding hydrogens is 376 g/mol. The van der Waals surface area contributed by atoms with Gasteiger partial charge >= 0.3 is 5.97 Å². The van der Waals surface area contributed by atoms with E-state index in [0.29, 0.717) is 16.1 Å². The predicted molar refractivity (Wildman–Crippen MR) is 107 cm³/mol. The predicted octanol–water partition coefficient (Wildman–Crippen LogP) is 3.47. The van der Waals surface area contributed by atoms with Gasteiger partial charge in [0, 0.05) is 11.3 Å². The van der Waals surface area contributed by atoms with E-state index in [1.165, 1.54) is 11.3 Å². The maximum atomic E-state index is 12.3. The average molecular weight is 394 g/mol. The van der Waals surface area contributed by atoms with Crippen molar-refractivity contribution in [1.82, 2.24) is 5.32 Å². The van der Waals surface area contributed by atoms with Gasteiger partial charge in [-0.3, -0.25) is 14.4 Å². The first-order valence-corrected chi connectivity index (χ1v) is 9.42. The Balaban J connectivity index is 1.50. The largest absolute Gasteiger partial charge is 0.460 e. The highest BCUT2D eigenvalue weighted by molar-refractivity contribution is 7.12. The summed E-state index contributed by atoms with van der Waals surface area (Å²) in [5, 5.41) is 7.08. The third kappa shape index (κ3) is 5.52.